The molecule has 10 nitrogen and oxygen atoms in total. The maximum absolute atomic E-state index is 12.9. The zero-order valence-electron chi connectivity index (χ0n) is 23.7. The summed E-state index contributed by atoms with van der Waals surface area (Å²) in [5.41, 5.74) is 5.74. The van der Waals surface area contributed by atoms with Crippen LogP contribution in [0.5, 0.6) is 0 Å². The first-order valence-corrected chi connectivity index (χ1v) is 14.6. The number of rotatable bonds is 12. The van der Waals surface area contributed by atoms with Crippen molar-refractivity contribution >= 4 is 29.2 Å². The van der Waals surface area contributed by atoms with E-state index in [1.165, 1.54) is 7.11 Å². The summed E-state index contributed by atoms with van der Waals surface area (Å²) in [5.74, 6) is -0.390. The number of hydrogen-bond donors (Lipinski definition) is 3. The Morgan fingerprint density at radius 2 is 1.90 bits per heavy atom. The number of carbonyl (C=O) groups is 3. The smallest absolute Gasteiger partial charge is 0.341 e. The molecule has 0 spiro atoms. The van der Waals surface area contributed by atoms with Crippen LogP contribution in [0.2, 0.25) is 0 Å². The standard InChI is InChI=1S/C28H42N6O4S/c1-6-11-29-26(35)24-16-19(2)25(21(4)31-24)27(36)30-12-7-20(3)33-13-8-23(9-14-33)34(28(37)32-38-5)17-22-10-15-39-18-22/h10,15-16,18,20,23H,6-9,11-14,17H2,1-5H3,(H,29,35)(H,30,36)(H,32,37)/t20-/m1/s1. The minimum absolute atomic E-state index is 0.133. The molecule has 11 heteroatoms. The van der Waals surface area contributed by atoms with Gasteiger partial charge in [-0.1, -0.05) is 6.92 Å². The van der Waals surface area contributed by atoms with Gasteiger partial charge in [-0.05, 0) is 80.5 Å². The Morgan fingerprint density at radius 3 is 2.51 bits per heavy atom. The van der Waals surface area contributed by atoms with E-state index in [0.29, 0.717) is 36.6 Å². The first-order chi connectivity index (χ1) is 18.7. The van der Waals surface area contributed by atoms with Crippen molar-refractivity contribution in [2.75, 3.05) is 33.3 Å². The Kier molecular flexibility index (Phi) is 11.7. The van der Waals surface area contributed by atoms with E-state index in [-0.39, 0.29) is 29.9 Å². The normalized spacial score (nSPS) is 15.0. The van der Waals surface area contributed by atoms with Gasteiger partial charge < -0.3 is 20.4 Å². The van der Waals surface area contributed by atoms with Crippen molar-refractivity contribution in [3.63, 3.8) is 0 Å². The number of aromatic nitrogens is 1. The van der Waals surface area contributed by atoms with Crippen molar-refractivity contribution in [1.29, 1.82) is 0 Å². The molecule has 0 unspecified atom stereocenters. The fourth-order valence-electron chi connectivity index (χ4n) is 5.02. The van der Waals surface area contributed by atoms with E-state index >= 15 is 0 Å². The molecule has 1 atom stereocenters. The maximum atomic E-state index is 12.9. The zero-order chi connectivity index (χ0) is 28.4. The lowest BCUT2D eigenvalue weighted by Gasteiger charge is -2.40. The Labute approximate surface area is 235 Å². The summed E-state index contributed by atoms with van der Waals surface area (Å²) in [4.78, 5) is 51.4. The number of nitrogens with zero attached hydrogens (tertiary/aromatic N) is 3. The van der Waals surface area contributed by atoms with E-state index in [4.69, 9.17) is 4.84 Å². The van der Waals surface area contributed by atoms with Crippen molar-refractivity contribution in [2.45, 2.75) is 72.0 Å². The second kappa shape index (κ2) is 14.9. The number of likely N-dealkylation sites (tertiary alicyclic amines) is 1. The van der Waals surface area contributed by atoms with Gasteiger partial charge in [0.15, 0.2) is 0 Å². The van der Waals surface area contributed by atoms with Crippen LogP contribution in [0.25, 0.3) is 0 Å². The number of urea groups is 1. The van der Waals surface area contributed by atoms with Crippen LogP contribution in [0.4, 0.5) is 4.79 Å². The van der Waals surface area contributed by atoms with E-state index < -0.39 is 0 Å². The fourth-order valence-corrected chi connectivity index (χ4v) is 5.68. The molecule has 0 radical (unpaired) electrons. The summed E-state index contributed by atoms with van der Waals surface area (Å²) in [5, 5.41) is 9.94. The quantitative estimate of drug-likeness (QED) is 0.343. The molecule has 3 rings (SSSR count). The summed E-state index contributed by atoms with van der Waals surface area (Å²) in [6, 6.07) is 3.92. The highest BCUT2D eigenvalue weighted by molar-refractivity contribution is 7.07. The first kappa shape index (κ1) is 30.5. The molecule has 39 heavy (non-hydrogen) atoms. The van der Waals surface area contributed by atoms with E-state index in [1.54, 1.807) is 24.3 Å². The summed E-state index contributed by atoms with van der Waals surface area (Å²) in [6.45, 7) is 11.2. The lowest BCUT2D eigenvalue weighted by atomic mass is 10.0. The molecule has 1 aliphatic heterocycles. The van der Waals surface area contributed by atoms with E-state index in [2.05, 4.69) is 38.3 Å². The van der Waals surface area contributed by atoms with Crippen molar-refractivity contribution in [3.8, 4) is 0 Å². The van der Waals surface area contributed by atoms with E-state index in [1.807, 2.05) is 30.2 Å². The SMILES string of the molecule is CCCNC(=O)c1cc(C)c(C(=O)NCC[C@@H](C)N2CCC(N(Cc3ccsc3)C(=O)NOC)CC2)c(C)n1. The van der Waals surface area contributed by atoms with Crippen LogP contribution >= 0.6 is 11.3 Å². The highest BCUT2D eigenvalue weighted by Gasteiger charge is 2.30. The lowest BCUT2D eigenvalue weighted by Crippen LogP contribution is -2.51. The van der Waals surface area contributed by atoms with E-state index in [0.717, 1.165) is 49.9 Å². The topological polar surface area (TPSA) is 116 Å². The fraction of sp³-hybridized carbons (Fsp3) is 0.571. The van der Waals surface area contributed by atoms with Crippen LogP contribution in [-0.2, 0) is 11.4 Å². The van der Waals surface area contributed by atoms with E-state index in [9.17, 15) is 14.4 Å². The third kappa shape index (κ3) is 8.48. The summed E-state index contributed by atoms with van der Waals surface area (Å²) in [7, 11) is 1.45. The monoisotopic (exact) mass is 558 g/mol. The Morgan fingerprint density at radius 1 is 1.18 bits per heavy atom. The largest absolute Gasteiger partial charge is 0.352 e. The number of pyridine rings is 1. The molecule has 2 aromatic rings. The third-order valence-electron chi connectivity index (χ3n) is 7.19. The molecule has 0 bridgehead atoms. The van der Waals surface area contributed by atoms with Crippen LogP contribution in [-0.4, -0.2) is 78.0 Å². The van der Waals surface area contributed by atoms with Gasteiger partial charge in [-0.3, -0.25) is 14.4 Å². The van der Waals surface area contributed by atoms with Crippen LogP contribution in [0.3, 0.4) is 0 Å². The minimum Gasteiger partial charge on any atom is -0.352 e. The van der Waals surface area contributed by atoms with Crippen LogP contribution in [0.15, 0.2) is 22.9 Å². The molecule has 0 aromatic carbocycles. The van der Waals surface area contributed by atoms with Crippen LogP contribution in [0, 0.1) is 13.8 Å². The highest BCUT2D eigenvalue weighted by Crippen LogP contribution is 2.22. The van der Waals surface area contributed by atoms with Gasteiger partial charge in [0.05, 0.1) is 18.4 Å². The van der Waals surface area contributed by atoms with Crippen LogP contribution < -0.4 is 16.1 Å². The third-order valence-corrected chi connectivity index (χ3v) is 7.92. The number of hydroxylamine groups is 1. The number of thiophene rings is 1. The van der Waals surface area contributed by atoms with Gasteiger partial charge in [-0.25, -0.2) is 15.3 Å². The molecule has 3 heterocycles. The number of amides is 4. The van der Waals surface area contributed by atoms with Gasteiger partial charge in [0, 0.05) is 44.8 Å². The molecule has 1 aliphatic rings. The molecule has 0 aliphatic carbocycles. The predicted octanol–water partition coefficient (Wildman–Crippen LogP) is 3.65. The van der Waals surface area contributed by atoms with Gasteiger partial charge in [-0.15, -0.1) is 0 Å². The number of nitrogens with one attached hydrogen (secondary N) is 3. The number of hydrogen-bond acceptors (Lipinski definition) is 7. The molecule has 3 N–H and O–H groups in total. The molecule has 4 amide bonds. The summed E-state index contributed by atoms with van der Waals surface area (Å²) in [6.07, 6.45) is 3.41. The number of carbonyl (C=O) groups excluding carboxylic acids is 3. The van der Waals surface area contributed by atoms with Crippen molar-refractivity contribution < 1.29 is 19.2 Å². The molecule has 1 saturated heterocycles. The zero-order valence-corrected chi connectivity index (χ0v) is 24.5. The van der Waals surface area contributed by atoms with Crippen LogP contribution in [0.1, 0.15) is 77.2 Å². The molecular formula is C28H42N6O4S. The molecule has 1 fully saturated rings. The second-order valence-electron chi connectivity index (χ2n) is 10.1. The van der Waals surface area contributed by atoms with Gasteiger partial charge in [0.25, 0.3) is 11.8 Å². The van der Waals surface area contributed by atoms with Crippen molar-refractivity contribution in [1.82, 2.24) is 30.9 Å². The van der Waals surface area contributed by atoms with Crippen molar-refractivity contribution in [2.24, 2.45) is 0 Å². The highest BCUT2D eigenvalue weighted by atomic mass is 32.1. The maximum Gasteiger partial charge on any atom is 0.341 e. The predicted molar refractivity (Wildman–Crippen MR) is 153 cm³/mol. The molecular weight excluding hydrogens is 516 g/mol. The van der Waals surface area contributed by atoms with Crippen molar-refractivity contribution in [3.05, 3.63) is 51.0 Å². The Hall–Kier alpha value is -3.02. The van der Waals surface area contributed by atoms with Gasteiger partial charge in [-0.2, -0.15) is 11.3 Å². The average molecular weight is 559 g/mol. The Bertz CT molecular complexity index is 1080. The average Bonchev–Trinajstić information content (AvgIpc) is 3.43. The lowest BCUT2D eigenvalue weighted by molar-refractivity contribution is 0.0565. The second-order valence-corrected chi connectivity index (χ2v) is 10.9. The number of piperidine rings is 1. The first-order valence-electron chi connectivity index (χ1n) is 13.6. The Balaban J connectivity index is 1.49. The summed E-state index contributed by atoms with van der Waals surface area (Å²) < 4.78 is 0. The number of aryl methyl sites for hydroxylation is 2. The molecule has 2 aromatic heterocycles. The molecule has 214 valence electrons. The van der Waals surface area contributed by atoms with Gasteiger partial charge in [0.1, 0.15) is 5.69 Å². The van der Waals surface area contributed by atoms with Gasteiger partial charge in [0.2, 0.25) is 0 Å². The minimum atomic E-state index is -0.221. The summed E-state index contributed by atoms with van der Waals surface area (Å²) >= 11 is 1.62. The van der Waals surface area contributed by atoms with Gasteiger partial charge >= 0.3 is 6.03 Å². The molecule has 0 saturated carbocycles.